The van der Waals surface area contributed by atoms with Crippen LogP contribution in [-0.4, -0.2) is 41.1 Å². The third-order valence-electron chi connectivity index (χ3n) is 2.18. The summed E-state index contributed by atoms with van der Waals surface area (Å²) in [6.45, 7) is 6.79. The Kier molecular flexibility index (Phi) is 6.77. The molecule has 0 aliphatic carbocycles. The Hall–Kier alpha value is -1.79. The molecule has 7 nitrogen and oxygen atoms in total. The van der Waals surface area contributed by atoms with Gasteiger partial charge in [0, 0.05) is 6.04 Å². The first-order valence-corrected chi connectivity index (χ1v) is 5.88. The van der Waals surface area contributed by atoms with Crippen LogP contribution < -0.4 is 16.0 Å². The lowest BCUT2D eigenvalue weighted by atomic mass is 10.2. The number of hydrogen-bond acceptors (Lipinski definition) is 3. The Morgan fingerprint density at radius 2 is 1.61 bits per heavy atom. The first kappa shape index (κ1) is 16.2. The predicted molar refractivity (Wildman–Crippen MR) is 66.1 cm³/mol. The molecule has 0 aliphatic heterocycles. The second-order valence-corrected chi connectivity index (χ2v) is 4.30. The van der Waals surface area contributed by atoms with Crippen molar-refractivity contribution in [3.63, 3.8) is 0 Å². The SMILES string of the molecule is CC[C@H](NC(=O)NC(C)C(=O)NC(C)C)C(=O)O. The molecule has 0 radical (unpaired) electrons. The fourth-order valence-corrected chi connectivity index (χ4v) is 1.21. The molecule has 1 unspecified atom stereocenters. The van der Waals surface area contributed by atoms with Gasteiger partial charge in [0.1, 0.15) is 12.1 Å². The topological polar surface area (TPSA) is 108 Å². The van der Waals surface area contributed by atoms with E-state index in [0.29, 0.717) is 0 Å². The molecule has 0 rings (SSSR count). The number of carbonyl (C=O) groups is 3. The fourth-order valence-electron chi connectivity index (χ4n) is 1.21. The van der Waals surface area contributed by atoms with E-state index in [4.69, 9.17) is 5.11 Å². The van der Waals surface area contributed by atoms with E-state index in [9.17, 15) is 14.4 Å². The second kappa shape index (κ2) is 7.52. The van der Waals surface area contributed by atoms with Crippen molar-refractivity contribution in [2.45, 2.75) is 52.2 Å². The van der Waals surface area contributed by atoms with Gasteiger partial charge in [0.05, 0.1) is 0 Å². The van der Waals surface area contributed by atoms with Crippen molar-refractivity contribution >= 4 is 17.9 Å². The molecule has 0 fully saturated rings. The normalized spacial score (nSPS) is 13.6. The van der Waals surface area contributed by atoms with Gasteiger partial charge < -0.3 is 21.1 Å². The van der Waals surface area contributed by atoms with Crippen LogP contribution in [0.5, 0.6) is 0 Å². The average molecular weight is 259 g/mol. The lowest BCUT2D eigenvalue weighted by Crippen LogP contribution is -2.52. The summed E-state index contributed by atoms with van der Waals surface area (Å²) in [5.41, 5.74) is 0. The van der Waals surface area contributed by atoms with Crippen LogP contribution >= 0.6 is 0 Å². The molecule has 0 aromatic rings. The Morgan fingerprint density at radius 3 is 2.00 bits per heavy atom. The van der Waals surface area contributed by atoms with Crippen molar-refractivity contribution < 1.29 is 19.5 Å². The first-order valence-electron chi connectivity index (χ1n) is 5.88. The maximum Gasteiger partial charge on any atom is 0.326 e. The summed E-state index contributed by atoms with van der Waals surface area (Å²) in [7, 11) is 0. The van der Waals surface area contributed by atoms with Crippen molar-refractivity contribution in [3.05, 3.63) is 0 Å². The van der Waals surface area contributed by atoms with E-state index in [1.165, 1.54) is 6.92 Å². The van der Waals surface area contributed by atoms with E-state index in [1.807, 2.05) is 13.8 Å². The van der Waals surface area contributed by atoms with Gasteiger partial charge in [-0.2, -0.15) is 0 Å². The lowest BCUT2D eigenvalue weighted by molar-refractivity contribution is -0.139. The third kappa shape index (κ3) is 6.07. The van der Waals surface area contributed by atoms with Gasteiger partial charge in [0.15, 0.2) is 0 Å². The Balaban J connectivity index is 4.23. The zero-order valence-corrected chi connectivity index (χ0v) is 11.1. The van der Waals surface area contributed by atoms with Gasteiger partial charge in [-0.3, -0.25) is 4.79 Å². The predicted octanol–water partition coefficient (Wildman–Crippen LogP) is 0.0619. The monoisotopic (exact) mass is 259 g/mol. The molecule has 0 aliphatic rings. The van der Waals surface area contributed by atoms with Gasteiger partial charge >= 0.3 is 12.0 Å². The number of carboxylic acid groups (broad SMARTS) is 1. The standard InChI is InChI=1S/C11H21N3O4/c1-5-8(10(16)17)14-11(18)13-7(4)9(15)12-6(2)3/h6-8H,5H2,1-4H3,(H,12,15)(H,16,17)(H2,13,14,18)/t7?,8-/m0/s1. The highest BCUT2D eigenvalue weighted by Gasteiger charge is 2.20. The Bertz CT molecular complexity index is 317. The van der Waals surface area contributed by atoms with Crippen LogP contribution in [0.2, 0.25) is 0 Å². The molecule has 7 heteroatoms. The van der Waals surface area contributed by atoms with E-state index in [0.717, 1.165) is 0 Å². The van der Waals surface area contributed by atoms with Crippen molar-refractivity contribution in [2.75, 3.05) is 0 Å². The molecule has 18 heavy (non-hydrogen) atoms. The summed E-state index contributed by atoms with van der Waals surface area (Å²) in [5, 5.41) is 16.1. The summed E-state index contributed by atoms with van der Waals surface area (Å²) in [4.78, 5) is 33.7. The Labute approximate surface area is 106 Å². The van der Waals surface area contributed by atoms with Crippen molar-refractivity contribution in [2.24, 2.45) is 0 Å². The van der Waals surface area contributed by atoms with Crippen molar-refractivity contribution in [1.29, 1.82) is 0 Å². The smallest absolute Gasteiger partial charge is 0.326 e. The molecule has 4 N–H and O–H groups in total. The number of hydrogen-bond donors (Lipinski definition) is 4. The number of urea groups is 1. The van der Waals surface area contributed by atoms with Gasteiger partial charge in [0.2, 0.25) is 5.91 Å². The van der Waals surface area contributed by atoms with E-state index >= 15 is 0 Å². The number of carbonyl (C=O) groups excluding carboxylic acids is 2. The second-order valence-electron chi connectivity index (χ2n) is 4.30. The number of rotatable bonds is 6. The summed E-state index contributed by atoms with van der Waals surface area (Å²) >= 11 is 0. The minimum atomic E-state index is -1.10. The highest BCUT2D eigenvalue weighted by atomic mass is 16.4. The zero-order valence-electron chi connectivity index (χ0n) is 11.1. The van der Waals surface area contributed by atoms with E-state index in [-0.39, 0.29) is 18.4 Å². The minimum Gasteiger partial charge on any atom is -0.480 e. The summed E-state index contributed by atoms with van der Waals surface area (Å²) in [6, 6.07) is -2.37. The van der Waals surface area contributed by atoms with Gasteiger partial charge in [0.25, 0.3) is 0 Å². The number of carboxylic acids is 1. The van der Waals surface area contributed by atoms with Crippen LogP contribution in [0.4, 0.5) is 4.79 Å². The minimum absolute atomic E-state index is 0.0211. The van der Waals surface area contributed by atoms with E-state index in [1.54, 1.807) is 6.92 Å². The molecule has 0 bridgehead atoms. The lowest BCUT2D eigenvalue weighted by Gasteiger charge is -2.18. The fraction of sp³-hybridized carbons (Fsp3) is 0.727. The van der Waals surface area contributed by atoms with Crippen LogP contribution in [0.25, 0.3) is 0 Å². The van der Waals surface area contributed by atoms with Crippen LogP contribution in [0.3, 0.4) is 0 Å². The Morgan fingerprint density at radius 1 is 1.06 bits per heavy atom. The maximum atomic E-state index is 11.5. The van der Waals surface area contributed by atoms with Crippen LogP contribution in [-0.2, 0) is 9.59 Å². The van der Waals surface area contributed by atoms with E-state index < -0.39 is 24.1 Å². The largest absolute Gasteiger partial charge is 0.480 e. The van der Waals surface area contributed by atoms with Gasteiger partial charge in [-0.1, -0.05) is 6.92 Å². The number of aliphatic carboxylic acids is 1. The summed E-state index contributed by atoms with van der Waals surface area (Å²) < 4.78 is 0. The van der Waals surface area contributed by atoms with Crippen LogP contribution in [0, 0.1) is 0 Å². The van der Waals surface area contributed by atoms with Crippen LogP contribution in [0.15, 0.2) is 0 Å². The number of nitrogens with one attached hydrogen (secondary N) is 3. The average Bonchev–Trinajstić information content (AvgIpc) is 2.24. The number of amides is 3. The van der Waals surface area contributed by atoms with Gasteiger partial charge in [-0.05, 0) is 27.2 Å². The van der Waals surface area contributed by atoms with Crippen molar-refractivity contribution in [3.8, 4) is 0 Å². The molecule has 0 heterocycles. The molecule has 3 amide bonds. The zero-order chi connectivity index (χ0) is 14.3. The molecular formula is C11H21N3O4. The molecule has 0 saturated heterocycles. The first-order chi connectivity index (χ1) is 8.27. The molecule has 2 atom stereocenters. The third-order valence-corrected chi connectivity index (χ3v) is 2.18. The highest BCUT2D eigenvalue weighted by Crippen LogP contribution is 1.91. The maximum absolute atomic E-state index is 11.5. The highest BCUT2D eigenvalue weighted by molar-refractivity contribution is 5.88. The molecule has 104 valence electrons. The molecule has 0 aromatic carbocycles. The molecular weight excluding hydrogens is 238 g/mol. The van der Waals surface area contributed by atoms with Crippen LogP contribution in [0.1, 0.15) is 34.1 Å². The molecule has 0 aromatic heterocycles. The van der Waals surface area contributed by atoms with Crippen molar-refractivity contribution in [1.82, 2.24) is 16.0 Å². The summed E-state index contributed by atoms with van der Waals surface area (Å²) in [6.07, 6.45) is 0.273. The van der Waals surface area contributed by atoms with Gasteiger partial charge in [-0.15, -0.1) is 0 Å². The summed E-state index contributed by atoms with van der Waals surface area (Å²) in [5.74, 6) is -1.42. The quantitative estimate of drug-likeness (QED) is 0.541. The van der Waals surface area contributed by atoms with Gasteiger partial charge in [-0.25, -0.2) is 9.59 Å². The van der Waals surface area contributed by atoms with E-state index in [2.05, 4.69) is 16.0 Å². The molecule has 0 saturated carbocycles. The molecule has 0 spiro atoms.